The molecule has 56 valence electrons. The van der Waals surface area contributed by atoms with Crippen molar-refractivity contribution in [2.24, 2.45) is 0 Å². The summed E-state index contributed by atoms with van der Waals surface area (Å²) in [5.41, 5.74) is 2.76. The third-order valence-corrected chi connectivity index (χ3v) is 0.741. The van der Waals surface area contributed by atoms with E-state index in [1.165, 1.54) is 0 Å². The first kappa shape index (κ1) is 8.91. The van der Waals surface area contributed by atoms with E-state index in [0.29, 0.717) is 12.1 Å². The lowest BCUT2D eigenvalue weighted by molar-refractivity contribution is -0.145. The Labute approximate surface area is 60.3 Å². The zero-order chi connectivity index (χ0) is 7.98. The van der Waals surface area contributed by atoms with Gasteiger partial charge in [0.1, 0.15) is 0 Å². The van der Waals surface area contributed by atoms with E-state index in [4.69, 9.17) is 0 Å². The first-order valence-corrected chi connectivity index (χ1v) is 2.89. The largest absolute Gasteiger partial charge is 0.367 e. The van der Waals surface area contributed by atoms with Gasteiger partial charge in [0, 0.05) is 12.1 Å². The maximum Gasteiger partial charge on any atom is 0.351 e. The highest BCUT2D eigenvalue weighted by Gasteiger charge is 2.00. The predicted octanol–water partition coefficient (Wildman–Crippen LogP) is 0.796. The fourth-order valence-electron chi connectivity index (χ4n) is 0.253. The SMILES string of the molecule is C=CCNOC(=O)C(=C)C. The predicted molar refractivity (Wildman–Crippen MR) is 39.1 cm³/mol. The van der Waals surface area contributed by atoms with Gasteiger partial charge in [0.2, 0.25) is 0 Å². The highest BCUT2D eigenvalue weighted by Crippen LogP contribution is 1.87. The molecule has 0 saturated heterocycles. The minimum Gasteiger partial charge on any atom is -0.367 e. The molecule has 0 radical (unpaired) electrons. The number of nitrogens with one attached hydrogen (secondary N) is 1. The quantitative estimate of drug-likeness (QED) is 0.272. The monoisotopic (exact) mass is 141 g/mol. The normalized spacial score (nSPS) is 8.50. The van der Waals surface area contributed by atoms with Crippen LogP contribution < -0.4 is 5.48 Å². The fraction of sp³-hybridized carbons (Fsp3) is 0.286. The van der Waals surface area contributed by atoms with Crippen LogP contribution in [0.25, 0.3) is 0 Å². The van der Waals surface area contributed by atoms with Gasteiger partial charge >= 0.3 is 5.97 Å². The summed E-state index contributed by atoms with van der Waals surface area (Å²) < 4.78 is 0. The molecule has 0 rings (SSSR count). The van der Waals surface area contributed by atoms with Gasteiger partial charge in [-0.3, -0.25) is 0 Å². The minimum atomic E-state index is -0.443. The molecule has 0 aromatic rings. The average molecular weight is 141 g/mol. The topological polar surface area (TPSA) is 38.3 Å². The number of carbonyl (C=O) groups is 1. The molecule has 0 unspecified atom stereocenters. The summed E-state index contributed by atoms with van der Waals surface area (Å²) in [6.07, 6.45) is 1.59. The molecule has 1 N–H and O–H groups in total. The van der Waals surface area contributed by atoms with Crippen LogP contribution in [-0.4, -0.2) is 12.5 Å². The van der Waals surface area contributed by atoms with Crippen LogP contribution in [0, 0.1) is 0 Å². The van der Waals surface area contributed by atoms with Crippen molar-refractivity contribution in [2.75, 3.05) is 6.54 Å². The third kappa shape index (κ3) is 3.86. The summed E-state index contributed by atoms with van der Waals surface area (Å²) in [6.45, 7) is 8.84. The lowest BCUT2D eigenvalue weighted by Crippen LogP contribution is -2.19. The Hall–Kier alpha value is -1.09. The summed E-state index contributed by atoms with van der Waals surface area (Å²) in [6, 6.07) is 0. The average Bonchev–Trinajstić information content (AvgIpc) is 1.88. The molecular weight excluding hydrogens is 130 g/mol. The molecule has 0 bridgehead atoms. The van der Waals surface area contributed by atoms with E-state index in [1.54, 1.807) is 13.0 Å². The minimum absolute atomic E-state index is 0.372. The van der Waals surface area contributed by atoms with Gasteiger partial charge in [0.15, 0.2) is 0 Å². The van der Waals surface area contributed by atoms with Crippen LogP contribution in [0.15, 0.2) is 24.8 Å². The van der Waals surface area contributed by atoms with Gasteiger partial charge in [0.05, 0.1) is 0 Å². The molecule has 0 aliphatic carbocycles. The van der Waals surface area contributed by atoms with E-state index < -0.39 is 5.97 Å². The van der Waals surface area contributed by atoms with E-state index in [9.17, 15) is 4.79 Å². The van der Waals surface area contributed by atoms with Crippen LogP contribution in [-0.2, 0) is 9.63 Å². The van der Waals surface area contributed by atoms with Gasteiger partial charge in [0.25, 0.3) is 0 Å². The van der Waals surface area contributed by atoms with Gasteiger partial charge in [-0.05, 0) is 6.92 Å². The lowest BCUT2D eigenvalue weighted by Gasteiger charge is -2.00. The Bertz CT molecular complexity index is 152. The van der Waals surface area contributed by atoms with Crippen molar-refractivity contribution in [1.29, 1.82) is 0 Å². The van der Waals surface area contributed by atoms with E-state index in [1.807, 2.05) is 0 Å². The van der Waals surface area contributed by atoms with Crippen LogP contribution in [0.1, 0.15) is 6.92 Å². The first-order valence-electron chi connectivity index (χ1n) is 2.89. The van der Waals surface area contributed by atoms with Crippen LogP contribution in [0.4, 0.5) is 0 Å². The summed E-state index contributed by atoms with van der Waals surface area (Å²) >= 11 is 0. The first-order chi connectivity index (χ1) is 4.68. The second-order valence-electron chi connectivity index (χ2n) is 1.81. The molecular formula is C7H11NO2. The number of hydrogen-bond acceptors (Lipinski definition) is 3. The zero-order valence-corrected chi connectivity index (χ0v) is 6.02. The highest BCUT2D eigenvalue weighted by molar-refractivity contribution is 5.86. The molecule has 3 nitrogen and oxygen atoms in total. The summed E-state index contributed by atoms with van der Waals surface area (Å²) in [4.78, 5) is 15.1. The smallest absolute Gasteiger partial charge is 0.351 e. The molecule has 0 aliphatic heterocycles. The number of rotatable bonds is 4. The highest BCUT2D eigenvalue weighted by atomic mass is 16.7. The molecule has 0 amide bonds. The molecule has 0 aromatic heterocycles. The van der Waals surface area contributed by atoms with Crippen LogP contribution in [0.2, 0.25) is 0 Å². The van der Waals surface area contributed by atoms with Crippen molar-refractivity contribution in [3.05, 3.63) is 24.8 Å². The molecule has 0 spiro atoms. The van der Waals surface area contributed by atoms with E-state index in [2.05, 4.69) is 23.5 Å². The molecule has 0 fully saturated rings. The summed E-state index contributed by atoms with van der Waals surface area (Å²) in [7, 11) is 0. The fourth-order valence-corrected chi connectivity index (χ4v) is 0.253. The van der Waals surface area contributed by atoms with Crippen molar-refractivity contribution in [3.8, 4) is 0 Å². The van der Waals surface area contributed by atoms with Gasteiger partial charge in [-0.1, -0.05) is 12.7 Å². The molecule has 0 aliphatic rings. The van der Waals surface area contributed by atoms with Crippen molar-refractivity contribution in [3.63, 3.8) is 0 Å². The molecule has 10 heavy (non-hydrogen) atoms. The Morgan fingerprint density at radius 2 is 2.40 bits per heavy atom. The van der Waals surface area contributed by atoms with Crippen molar-refractivity contribution in [2.45, 2.75) is 6.92 Å². The number of carbonyl (C=O) groups excluding carboxylic acids is 1. The Morgan fingerprint density at radius 1 is 1.80 bits per heavy atom. The molecule has 0 atom stereocenters. The second kappa shape index (κ2) is 4.76. The maximum absolute atomic E-state index is 10.6. The molecule has 3 heteroatoms. The van der Waals surface area contributed by atoms with Gasteiger partial charge < -0.3 is 4.84 Å². The molecule has 0 saturated carbocycles. The molecule has 0 aromatic carbocycles. The van der Waals surface area contributed by atoms with Crippen molar-refractivity contribution < 1.29 is 9.63 Å². The lowest BCUT2D eigenvalue weighted by atomic mass is 10.4. The third-order valence-electron chi connectivity index (χ3n) is 0.741. The van der Waals surface area contributed by atoms with E-state index >= 15 is 0 Å². The zero-order valence-electron chi connectivity index (χ0n) is 6.02. The number of hydroxylamine groups is 1. The summed E-state index contributed by atoms with van der Waals surface area (Å²) in [5, 5.41) is 0. The van der Waals surface area contributed by atoms with Crippen molar-refractivity contribution >= 4 is 5.97 Å². The van der Waals surface area contributed by atoms with Crippen LogP contribution >= 0.6 is 0 Å². The Morgan fingerprint density at radius 3 is 2.80 bits per heavy atom. The van der Waals surface area contributed by atoms with Crippen molar-refractivity contribution in [1.82, 2.24) is 5.48 Å². The second-order valence-corrected chi connectivity index (χ2v) is 1.81. The maximum atomic E-state index is 10.6. The van der Waals surface area contributed by atoms with Crippen LogP contribution in [0.3, 0.4) is 0 Å². The number of hydrogen-bond donors (Lipinski definition) is 1. The van der Waals surface area contributed by atoms with E-state index in [-0.39, 0.29) is 0 Å². The molecule has 0 heterocycles. The summed E-state index contributed by atoms with van der Waals surface area (Å²) in [5.74, 6) is -0.443. The Balaban J connectivity index is 3.40. The van der Waals surface area contributed by atoms with Gasteiger partial charge in [-0.25, -0.2) is 4.79 Å². The standard InChI is InChI=1S/C7H11NO2/c1-4-5-8-10-7(9)6(2)3/h4,8H,1-2,5H2,3H3. The van der Waals surface area contributed by atoms with Gasteiger partial charge in [-0.15, -0.1) is 12.1 Å². The van der Waals surface area contributed by atoms with Gasteiger partial charge in [-0.2, -0.15) is 0 Å². The van der Waals surface area contributed by atoms with Crippen LogP contribution in [0.5, 0.6) is 0 Å². The Kier molecular flexibility index (Phi) is 4.24. The van der Waals surface area contributed by atoms with E-state index in [0.717, 1.165) is 0 Å².